The molecule has 0 aliphatic heterocycles. The van der Waals surface area contributed by atoms with Crippen molar-refractivity contribution in [3.05, 3.63) is 64.5 Å². The maximum atomic E-state index is 4.47. The Bertz CT molecular complexity index is 627. The molecule has 0 N–H and O–H groups in total. The average molecular weight is 288 g/mol. The number of aromatic nitrogens is 3. The second kappa shape index (κ2) is 4.30. The van der Waals surface area contributed by atoms with Crippen molar-refractivity contribution in [2.45, 2.75) is 6.42 Å². The van der Waals surface area contributed by atoms with E-state index in [1.807, 2.05) is 36.5 Å². The zero-order valence-corrected chi connectivity index (χ0v) is 10.6. The Morgan fingerprint density at radius 1 is 1.12 bits per heavy atom. The van der Waals surface area contributed by atoms with Gasteiger partial charge in [-0.2, -0.15) is 5.10 Å². The Hall–Kier alpha value is -1.68. The van der Waals surface area contributed by atoms with Crippen molar-refractivity contribution in [3.8, 4) is 0 Å². The van der Waals surface area contributed by atoms with Crippen molar-refractivity contribution in [1.29, 1.82) is 0 Å². The van der Waals surface area contributed by atoms with Crippen molar-refractivity contribution >= 4 is 21.6 Å². The van der Waals surface area contributed by atoms with E-state index in [-0.39, 0.29) is 0 Å². The van der Waals surface area contributed by atoms with Crippen molar-refractivity contribution in [2.75, 3.05) is 0 Å². The first-order chi connectivity index (χ1) is 8.31. The third-order valence-electron chi connectivity index (χ3n) is 2.54. The van der Waals surface area contributed by atoms with Gasteiger partial charge in [0.15, 0.2) is 11.5 Å². The molecule has 84 valence electrons. The molecule has 0 fully saturated rings. The van der Waals surface area contributed by atoms with E-state index in [1.165, 1.54) is 5.56 Å². The monoisotopic (exact) mass is 287 g/mol. The fraction of sp³-hybridized carbons (Fsp3) is 0.0769. The van der Waals surface area contributed by atoms with Crippen LogP contribution in [0.4, 0.5) is 0 Å². The van der Waals surface area contributed by atoms with Gasteiger partial charge >= 0.3 is 0 Å². The van der Waals surface area contributed by atoms with Crippen LogP contribution in [0, 0.1) is 0 Å². The molecule has 0 saturated carbocycles. The number of halogens is 1. The van der Waals surface area contributed by atoms with Crippen LogP contribution in [0.2, 0.25) is 0 Å². The molecule has 3 nitrogen and oxygen atoms in total. The molecule has 17 heavy (non-hydrogen) atoms. The standard InChI is InChI=1S/C13H10BrN3/c14-11-5-3-4-10(8-11)9-12-15-13-6-1-2-7-17(13)16-12/h1-8H,9H2. The van der Waals surface area contributed by atoms with E-state index in [4.69, 9.17) is 0 Å². The highest BCUT2D eigenvalue weighted by Gasteiger charge is 2.04. The lowest BCUT2D eigenvalue weighted by Crippen LogP contribution is -1.91. The number of pyridine rings is 1. The lowest BCUT2D eigenvalue weighted by atomic mass is 10.1. The Balaban J connectivity index is 1.94. The number of hydrogen-bond acceptors (Lipinski definition) is 2. The molecule has 2 aromatic heterocycles. The number of rotatable bonds is 2. The zero-order chi connectivity index (χ0) is 11.7. The first kappa shape index (κ1) is 10.5. The second-order valence-corrected chi connectivity index (χ2v) is 4.75. The lowest BCUT2D eigenvalue weighted by molar-refractivity contribution is 0.900. The van der Waals surface area contributed by atoms with Crippen LogP contribution in [-0.4, -0.2) is 14.6 Å². The summed E-state index contributed by atoms with van der Waals surface area (Å²) in [7, 11) is 0. The molecule has 0 bridgehead atoms. The summed E-state index contributed by atoms with van der Waals surface area (Å²) in [6, 6.07) is 14.1. The highest BCUT2D eigenvalue weighted by atomic mass is 79.9. The fourth-order valence-corrected chi connectivity index (χ4v) is 2.23. The third kappa shape index (κ3) is 2.22. The number of fused-ring (bicyclic) bond motifs is 1. The molecule has 0 aliphatic rings. The van der Waals surface area contributed by atoms with E-state index in [9.17, 15) is 0 Å². The minimum atomic E-state index is 0.751. The maximum Gasteiger partial charge on any atom is 0.156 e. The first-order valence-corrected chi connectivity index (χ1v) is 6.15. The minimum absolute atomic E-state index is 0.751. The van der Waals surface area contributed by atoms with Gasteiger partial charge in [0.05, 0.1) is 0 Å². The second-order valence-electron chi connectivity index (χ2n) is 3.84. The van der Waals surface area contributed by atoms with E-state index in [1.54, 1.807) is 4.52 Å². The Labute approximate surface area is 107 Å². The van der Waals surface area contributed by atoms with Crippen molar-refractivity contribution in [2.24, 2.45) is 0 Å². The smallest absolute Gasteiger partial charge is 0.156 e. The van der Waals surface area contributed by atoms with Gasteiger partial charge in [-0.15, -0.1) is 0 Å². The Morgan fingerprint density at radius 2 is 2.06 bits per heavy atom. The summed E-state index contributed by atoms with van der Waals surface area (Å²) in [4.78, 5) is 4.47. The minimum Gasteiger partial charge on any atom is -0.221 e. The van der Waals surface area contributed by atoms with Crippen molar-refractivity contribution < 1.29 is 0 Å². The van der Waals surface area contributed by atoms with Crippen molar-refractivity contribution in [3.63, 3.8) is 0 Å². The van der Waals surface area contributed by atoms with Crippen LogP contribution in [0.1, 0.15) is 11.4 Å². The van der Waals surface area contributed by atoms with Gasteiger partial charge in [0.25, 0.3) is 0 Å². The predicted octanol–water partition coefficient (Wildman–Crippen LogP) is 3.08. The van der Waals surface area contributed by atoms with Crippen LogP contribution in [0.3, 0.4) is 0 Å². The molecule has 0 atom stereocenters. The molecular formula is C13H10BrN3. The quantitative estimate of drug-likeness (QED) is 0.725. The van der Waals surface area contributed by atoms with Gasteiger partial charge in [-0.3, -0.25) is 0 Å². The molecule has 0 unspecified atom stereocenters. The summed E-state index contributed by atoms with van der Waals surface area (Å²) >= 11 is 3.46. The van der Waals surface area contributed by atoms with E-state index in [0.29, 0.717) is 0 Å². The van der Waals surface area contributed by atoms with Gasteiger partial charge < -0.3 is 0 Å². The zero-order valence-electron chi connectivity index (χ0n) is 9.05. The Kier molecular flexibility index (Phi) is 2.65. The van der Waals surface area contributed by atoms with Crippen LogP contribution in [-0.2, 0) is 6.42 Å². The van der Waals surface area contributed by atoms with Gasteiger partial charge in [0.2, 0.25) is 0 Å². The highest BCUT2D eigenvalue weighted by molar-refractivity contribution is 9.10. The fourth-order valence-electron chi connectivity index (χ4n) is 1.78. The predicted molar refractivity (Wildman–Crippen MR) is 69.9 cm³/mol. The molecule has 4 heteroatoms. The maximum absolute atomic E-state index is 4.47. The molecular weight excluding hydrogens is 278 g/mol. The average Bonchev–Trinajstić information content (AvgIpc) is 2.71. The summed E-state index contributed by atoms with van der Waals surface area (Å²) in [5.41, 5.74) is 2.09. The normalized spacial score (nSPS) is 10.9. The van der Waals surface area contributed by atoms with E-state index in [2.05, 4.69) is 38.1 Å². The van der Waals surface area contributed by atoms with Gasteiger partial charge in [-0.25, -0.2) is 9.50 Å². The van der Waals surface area contributed by atoms with Crippen LogP contribution in [0.25, 0.3) is 5.65 Å². The molecule has 0 amide bonds. The molecule has 0 saturated heterocycles. The molecule has 0 spiro atoms. The molecule has 2 heterocycles. The summed E-state index contributed by atoms with van der Waals surface area (Å²) < 4.78 is 2.88. The van der Waals surface area contributed by atoms with Crippen molar-refractivity contribution in [1.82, 2.24) is 14.6 Å². The summed E-state index contributed by atoms with van der Waals surface area (Å²) in [5, 5.41) is 4.43. The van der Waals surface area contributed by atoms with Crippen LogP contribution < -0.4 is 0 Å². The van der Waals surface area contributed by atoms with E-state index in [0.717, 1.165) is 22.4 Å². The molecule has 3 aromatic rings. The topological polar surface area (TPSA) is 30.2 Å². The molecule has 3 rings (SSSR count). The number of nitrogens with zero attached hydrogens (tertiary/aromatic N) is 3. The van der Waals surface area contributed by atoms with Gasteiger partial charge in [0.1, 0.15) is 0 Å². The third-order valence-corrected chi connectivity index (χ3v) is 3.03. The summed E-state index contributed by atoms with van der Waals surface area (Å²) in [6.45, 7) is 0. The van der Waals surface area contributed by atoms with Crippen LogP contribution in [0.15, 0.2) is 53.1 Å². The Morgan fingerprint density at radius 3 is 2.88 bits per heavy atom. The first-order valence-electron chi connectivity index (χ1n) is 5.36. The molecule has 1 aromatic carbocycles. The van der Waals surface area contributed by atoms with Crippen LogP contribution in [0.5, 0.6) is 0 Å². The molecule has 0 aliphatic carbocycles. The molecule has 0 radical (unpaired) electrons. The van der Waals surface area contributed by atoms with E-state index >= 15 is 0 Å². The highest BCUT2D eigenvalue weighted by Crippen LogP contribution is 2.14. The SMILES string of the molecule is Brc1cccc(Cc2nc3ccccn3n2)c1. The number of benzene rings is 1. The lowest BCUT2D eigenvalue weighted by Gasteiger charge is -1.97. The van der Waals surface area contributed by atoms with Gasteiger partial charge in [-0.05, 0) is 29.8 Å². The van der Waals surface area contributed by atoms with Crippen LogP contribution >= 0.6 is 15.9 Å². The van der Waals surface area contributed by atoms with E-state index < -0.39 is 0 Å². The largest absolute Gasteiger partial charge is 0.221 e. The summed E-state index contributed by atoms with van der Waals surface area (Å²) in [6.07, 6.45) is 2.66. The van der Waals surface area contributed by atoms with Gasteiger partial charge in [-0.1, -0.05) is 34.1 Å². The summed E-state index contributed by atoms with van der Waals surface area (Å²) in [5.74, 6) is 0.842. The number of hydrogen-bond donors (Lipinski definition) is 0. The van der Waals surface area contributed by atoms with Gasteiger partial charge in [0, 0.05) is 17.1 Å².